The van der Waals surface area contributed by atoms with Crippen LogP contribution >= 0.6 is 11.3 Å². The molecule has 0 radical (unpaired) electrons. The van der Waals surface area contributed by atoms with Crippen LogP contribution in [0.4, 0.5) is 5.13 Å². The molecule has 0 bridgehead atoms. The standard InChI is InChI=1S/C25H22N4O5S/c1-12-8-16(14(3)33-12)19-10-18(22-13(2)29-34-24(22)26-19)23(30)28-25-27-20(11-35-25)17-9-15(31-4)6-7-21(17)32-5/h6-11H,1-5H3,(H,27,28,30). The molecule has 1 N–H and O–H groups in total. The van der Waals surface area contributed by atoms with Crippen LogP contribution < -0.4 is 14.8 Å². The van der Waals surface area contributed by atoms with E-state index in [4.69, 9.17) is 18.4 Å². The number of pyridine rings is 1. The van der Waals surface area contributed by atoms with Crippen molar-refractivity contribution in [2.24, 2.45) is 0 Å². The monoisotopic (exact) mass is 490 g/mol. The van der Waals surface area contributed by atoms with E-state index in [-0.39, 0.29) is 11.6 Å². The molecule has 0 aliphatic heterocycles. The largest absolute Gasteiger partial charge is 0.497 e. The lowest BCUT2D eigenvalue weighted by atomic mass is 10.1. The fourth-order valence-electron chi connectivity index (χ4n) is 3.93. The summed E-state index contributed by atoms with van der Waals surface area (Å²) in [5.41, 5.74) is 4.01. The molecule has 0 atom stereocenters. The molecule has 0 saturated carbocycles. The number of nitrogens with zero attached hydrogens (tertiary/aromatic N) is 3. The Morgan fingerprint density at radius 3 is 2.54 bits per heavy atom. The Hall–Kier alpha value is -4.18. The maximum absolute atomic E-state index is 13.4. The Labute approximate surface area is 204 Å². The van der Waals surface area contributed by atoms with Crippen molar-refractivity contribution in [3.8, 4) is 34.0 Å². The van der Waals surface area contributed by atoms with Crippen molar-refractivity contribution in [3.05, 3.63) is 58.5 Å². The summed E-state index contributed by atoms with van der Waals surface area (Å²) >= 11 is 1.31. The van der Waals surface area contributed by atoms with Crippen LogP contribution in [0.25, 0.3) is 33.6 Å². The lowest BCUT2D eigenvalue weighted by molar-refractivity contribution is 0.102. The van der Waals surface area contributed by atoms with Crippen molar-refractivity contribution < 1.29 is 23.2 Å². The van der Waals surface area contributed by atoms with Gasteiger partial charge in [-0.15, -0.1) is 11.3 Å². The first-order chi connectivity index (χ1) is 16.9. The molecule has 1 aromatic carbocycles. The van der Waals surface area contributed by atoms with E-state index in [2.05, 4.69) is 20.4 Å². The summed E-state index contributed by atoms with van der Waals surface area (Å²) in [6, 6.07) is 9.07. The number of aryl methyl sites for hydroxylation is 3. The van der Waals surface area contributed by atoms with Crippen molar-refractivity contribution in [1.82, 2.24) is 15.1 Å². The maximum atomic E-state index is 13.4. The minimum Gasteiger partial charge on any atom is -0.497 e. The summed E-state index contributed by atoms with van der Waals surface area (Å²) in [5, 5.41) is 9.74. The number of hydrogen-bond donors (Lipinski definition) is 1. The van der Waals surface area contributed by atoms with Gasteiger partial charge in [0.25, 0.3) is 11.6 Å². The van der Waals surface area contributed by atoms with Gasteiger partial charge >= 0.3 is 0 Å². The molecule has 4 aromatic heterocycles. The summed E-state index contributed by atoms with van der Waals surface area (Å²) in [6.45, 7) is 5.48. The minimum absolute atomic E-state index is 0.282. The van der Waals surface area contributed by atoms with Crippen molar-refractivity contribution in [2.75, 3.05) is 19.5 Å². The molecule has 5 rings (SSSR count). The average Bonchev–Trinajstić information content (AvgIpc) is 3.56. The van der Waals surface area contributed by atoms with Crippen LogP contribution in [-0.2, 0) is 0 Å². The van der Waals surface area contributed by atoms with Crippen LogP contribution in [0.1, 0.15) is 27.6 Å². The molecule has 0 fully saturated rings. The number of anilines is 1. The normalized spacial score (nSPS) is 11.1. The predicted molar refractivity (Wildman–Crippen MR) is 132 cm³/mol. The van der Waals surface area contributed by atoms with Crippen molar-refractivity contribution in [2.45, 2.75) is 20.8 Å². The quantitative estimate of drug-likeness (QED) is 0.318. The second-order valence-electron chi connectivity index (χ2n) is 7.89. The Kier molecular flexibility index (Phi) is 5.73. The third-order valence-corrected chi connectivity index (χ3v) is 6.34. The van der Waals surface area contributed by atoms with Gasteiger partial charge in [0.1, 0.15) is 23.0 Å². The lowest BCUT2D eigenvalue weighted by Crippen LogP contribution is -2.13. The van der Waals surface area contributed by atoms with E-state index in [9.17, 15) is 4.79 Å². The summed E-state index contributed by atoms with van der Waals surface area (Å²) in [7, 11) is 3.19. The Balaban J connectivity index is 1.51. The fraction of sp³-hybridized carbons (Fsp3) is 0.200. The van der Waals surface area contributed by atoms with Crippen LogP contribution in [-0.4, -0.2) is 35.3 Å². The highest BCUT2D eigenvalue weighted by Gasteiger charge is 2.22. The number of carbonyl (C=O) groups is 1. The third-order valence-electron chi connectivity index (χ3n) is 5.59. The van der Waals surface area contributed by atoms with E-state index in [1.165, 1.54) is 11.3 Å². The second kappa shape index (κ2) is 8.88. The SMILES string of the molecule is COc1ccc(OC)c(-c2csc(NC(=O)c3cc(-c4cc(C)oc4C)nc4onc(C)c34)n2)c1. The number of carbonyl (C=O) groups excluding carboxylic acids is 1. The number of thiazole rings is 1. The minimum atomic E-state index is -0.346. The van der Waals surface area contributed by atoms with Crippen LogP contribution in [0, 0.1) is 20.8 Å². The van der Waals surface area contributed by atoms with Gasteiger partial charge in [0.2, 0.25) is 0 Å². The lowest BCUT2D eigenvalue weighted by Gasteiger charge is -2.08. The molecule has 9 nitrogen and oxygen atoms in total. The fourth-order valence-corrected chi connectivity index (χ4v) is 4.64. The molecule has 35 heavy (non-hydrogen) atoms. The smallest absolute Gasteiger partial charge is 0.259 e. The highest BCUT2D eigenvalue weighted by Crippen LogP contribution is 2.36. The molecule has 1 amide bonds. The molecule has 0 aliphatic carbocycles. The number of ether oxygens (including phenoxy) is 2. The van der Waals surface area contributed by atoms with Crippen LogP contribution in [0.15, 0.2) is 44.7 Å². The molecular formula is C25H22N4O5S. The van der Waals surface area contributed by atoms with Crippen molar-refractivity contribution in [1.29, 1.82) is 0 Å². The zero-order chi connectivity index (χ0) is 24.7. The summed E-state index contributed by atoms with van der Waals surface area (Å²) < 4.78 is 21.8. The van der Waals surface area contributed by atoms with Gasteiger partial charge in [-0.2, -0.15) is 0 Å². The van der Waals surface area contributed by atoms with Gasteiger partial charge in [0.05, 0.1) is 42.3 Å². The van der Waals surface area contributed by atoms with Crippen molar-refractivity contribution in [3.63, 3.8) is 0 Å². The van der Waals surface area contributed by atoms with Crippen LogP contribution in [0.2, 0.25) is 0 Å². The summed E-state index contributed by atoms with van der Waals surface area (Å²) in [6.07, 6.45) is 0. The highest BCUT2D eigenvalue weighted by molar-refractivity contribution is 7.14. The number of nitrogens with one attached hydrogen (secondary N) is 1. The molecule has 0 unspecified atom stereocenters. The molecule has 10 heteroatoms. The van der Waals surface area contributed by atoms with E-state index in [0.29, 0.717) is 50.4 Å². The number of furan rings is 1. The molecular weight excluding hydrogens is 468 g/mol. The molecule has 178 valence electrons. The number of methoxy groups -OCH3 is 2. The van der Waals surface area contributed by atoms with Crippen LogP contribution in [0.3, 0.4) is 0 Å². The third kappa shape index (κ3) is 4.12. The van der Waals surface area contributed by atoms with Gasteiger partial charge in [-0.1, -0.05) is 5.16 Å². The van der Waals surface area contributed by atoms with E-state index < -0.39 is 0 Å². The predicted octanol–water partition coefficient (Wildman–Crippen LogP) is 5.80. The van der Waals surface area contributed by atoms with Gasteiger partial charge in [0, 0.05) is 16.5 Å². The van der Waals surface area contributed by atoms with Crippen molar-refractivity contribution >= 4 is 33.5 Å². The highest BCUT2D eigenvalue weighted by atomic mass is 32.1. The first kappa shape index (κ1) is 22.6. The molecule has 0 spiro atoms. The number of aromatic nitrogens is 3. The van der Waals surface area contributed by atoms with E-state index in [1.54, 1.807) is 27.2 Å². The number of amides is 1. The first-order valence-electron chi connectivity index (χ1n) is 10.7. The topological polar surface area (TPSA) is 113 Å². The van der Waals surface area contributed by atoms with Gasteiger partial charge in [-0.25, -0.2) is 9.97 Å². The Morgan fingerprint density at radius 1 is 1.00 bits per heavy atom. The average molecular weight is 491 g/mol. The Morgan fingerprint density at radius 2 is 1.83 bits per heavy atom. The molecule has 0 aliphatic rings. The first-order valence-corrected chi connectivity index (χ1v) is 11.6. The van der Waals surface area contributed by atoms with Crippen LogP contribution in [0.5, 0.6) is 11.5 Å². The van der Waals surface area contributed by atoms with E-state index in [0.717, 1.165) is 16.9 Å². The molecule has 0 saturated heterocycles. The zero-order valence-corrected chi connectivity index (χ0v) is 20.6. The Bertz CT molecular complexity index is 1570. The number of hydrogen-bond acceptors (Lipinski definition) is 9. The maximum Gasteiger partial charge on any atom is 0.259 e. The second-order valence-corrected chi connectivity index (χ2v) is 8.75. The number of benzene rings is 1. The zero-order valence-electron chi connectivity index (χ0n) is 19.8. The molecule has 4 heterocycles. The summed E-state index contributed by atoms with van der Waals surface area (Å²) in [4.78, 5) is 22.6. The van der Waals surface area contributed by atoms with Gasteiger partial charge in [0.15, 0.2) is 5.13 Å². The molecule has 5 aromatic rings. The number of rotatable bonds is 6. The van der Waals surface area contributed by atoms with E-state index >= 15 is 0 Å². The number of fused-ring (bicyclic) bond motifs is 1. The van der Waals surface area contributed by atoms with Gasteiger partial charge < -0.3 is 18.4 Å². The van der Waals surface area contributed by atoms with E-state index in [1.807, 2.05) is 43.5 Å². The summed E-state index contributed by atoms with van der Waals surface area (Å²) in [5.74, 6) is 2.44. The van der Waals surface area contributed by atoms with Gasteiger partial charge in [-0.3, -0.25) is 10.1 Å². The van der Waals surface area contributed by atoms with Gasteiger partial charge in [-0.05, 0) is 51.1 Å².